The number of likely N-dealkylation sites (tertiary alicyclic amines) is 1. The Hall–Kier alpha value is -3.47. The minimum absolute atomic E-state index is 0.0953. The van der Waals surface area contributed by atoms with E-state index in [9.17, 15) is 19.8 Å². The number of aryl methyl sites for hydroxylation is 1. The number of amides is 1. The number of methoxy groups -OCH3 is 1. The van der Waals surface area contributed by atoms with Crippen molar-refractivity contribution in [3.63, 3.8) is 0 Å². The van der Waals surface area contributed by atoms with Crippen LogP contribution >= 0.6 is 11.3 Å². The van der Waals surface area contributed by atoms with Crippen LogP contribution in [0.3, 0.4) is 0 Å². The van der Waals surface area contributed by atoms with Crippen molar-refractivity contribution < 1.29 is 29.3 Å². The van der Waals surface area contributed by atoms with Gasteiger partial charge >= 0.3 is 6.09 Å². The highest BCUT2D eigenvalue weighted by atomic mass is 32.1. The molecule has 0 radical (unpaired) electrons. The highest BCUT2D eigenvalue weighted by Gasteiger charge is 2.36. The van der Waals surface area contributed by atoms with E-state index in [4.69, 9.17) is 9.47 Å². The number of thiophene rings is 1. The van der Waals surface area contributed by atoms with Crippen molar-refractivity contribution in [2.45, 2.75) is 25.5 Å². The summed E-state index contributed by atoms with van der Waals surface area (Å²) in [6.45, 7) is 2.05. The molecule has 1 aliphatic heterocycles. The average molecular weight is 482 g/mol. The summed E-state index contributed by atoms with van der Waals surface area (Å²) >= 11 is 1.29. The smallest absolute Gasteiger partial charge is 0.416 e. The fourth-order valence-corrected chi connectivity index (χ4v) is 5.51. The second-order valence-electron chi connectivity index (χ2n) is 8.25. The zero-order valence-electron chi connectivity index (χ0n) is 18.6. The van der Waals surface area contributed by atoms with E-state index in [0.29, 0.717) is 46.1 Å². The van der Waals surface area contributed by atoms with Gasteiger partial charge in [-0.05, 0) is 43.7 Å². The number of ether oxygens (including phenoxy) is 2. The number of aliphatic hydroxyl groups excluding tert-OH is 1. The predicted molar refractivity (Wildman–Crippen MR) is 127 cm³/mol. The first-order valence-corrected chi connectivity index (χ1v) is 11.6. The SMILES string of the molecule is COC1CC(CO)N(C(=O)c2cc3nccc(Oc4ccc5c(c4)cc(C)n5C(=O)O)c3s2)C1. The molecule has 5 rings (SSSR count). The van der Waals surface area contributed by atoms with Crippen LogP contribution in [0.5, 0.6) is 11.5 Å². The van der Waals surface area contributed by atoms with Crippen LogP contribution in [-0.4, -0.2) is 69.1 Å². The quantitative estimate of drug-likeness (QED) is 0.441. The Morgan fingerprint density at radius 2 is 2.06 bits per heavy atom. The van der Waals surface area contributed by atoms with Crippen molar-refractivity contribution in [1.29, 1.82) is 0 Å². The van der Waals surface area contributed by atoms with Gasteiger partial charge in [-0.3, -0.25) is 14.3 Å². The lowest BCUT2D eigenvalue weighted by Crippen LogP contribution is -2.37. The minimum atomic E-state index is -1.04. The second kappa shape index (κ2) is 8.71. The molecule has 0 saturated carbocycles. The van der Waals surface area contributed by atoms with Gasteiger partial charge in [0, 0.05) is 37.0 Å². The molecule has 176 valence electrons. The fourth-order valence-electron chi connectivity index (χ4n) is 4.48. The maximum atomic E-state index is 13.2. The van der Waals surface area contributed by atoms with E-state index in [2.05, 4.69) is 4.98 Å². The molecule has 1 aromatic carbocycles. The molecule has 10 heteroatoms. The first-order chi connectivity index (χ1) is 16.4. The normalized spacial score (nSPS) is 18.1. The topological polar surface area (TPSA) is 114 Å². The molecule has 2 N–H and O–H groups in total. The van der Waals surface area contributed by atoms with Crippen molar-refractivity contribution in [3.05, 3.63) is 53.2 Å². The maximum absolute atomic E-state index is 13.2. The van der Waals surface area contributed by atoms with Crippen LogP contribution in [0.4, 0.5) is 4.79 Å². The summed E-state index contributed by atoms with van der Waals surface area (Å²) in [5, 5.41) is 19.9. The van der Waals surface area contributed by atoms with E-state index in [-0.39, 0.29) is 24.7 Å². The first-order valence-electron chi connectivity index (χ1n) is 10.8. The summed E-state index contributed by atoms with van der Waals surface area (Å²) in [5.41, 5.74) is 1.84. The van der Waals surface area contributed by atoms with Crippen molar-refractivity contribution in [3.8, 4) is 11.5 Å². The molecule has 1 amide bonds. The van der Waals surface area contributed by atoms with E-state index in [0.717, 1.165) is 10.1 Å². The number of pyridine rings is 1. The van der Waals surface area contributed by atoms with Crippen LogP contribution in [0.15, 0.2) is 42.6 Å². The van der Waals surface area contributed by atoms with Crippen molar-refractivity contribution in [2.24, 2.45) is 0 Å². The highest BCUT2D eigenvalue weighted by molar-refractivity contribution is 7.21. The van der Waals surface area contributed by atoms with E-state index in [1.807, 2.05) is 0 Å². The highest BCUT2D eigenvalue weighted by Crippen LogP contribution is 2.37. The number of aliphatic hydroxyl groups is 1. The number of nitrogens with zero attached hydrogens (tertiary/aromatic N) is 3. The Labute approximate surface area is 198 Å². The Bertz CT molecular complexity index is 1410. The number of fused-ring (bicyclic) bond motifs is 2. The number of hydrogen-bond donors (Lipinski definition) is 2. The van der Waals surface area contributed by atoms with Crippen molar-refractivity contribution in [1.82, 2.24) is 14.5 Å². The summed E-state index contributed by atoms with van der Waals surface area (Å²) in [4.78, 5) is 31.3. The van der Waals surface area contributed by atoms with Gasteiger partial charge in [0.15, 0.2) is 0 Å². The van der Waals surface area contributed by atoms with Gasteiger partial charge in [-0.1, -0.05) is 0 Å². The third-order valence-electron chi connectivity index (χ3n) is 6.14. The molecule has 4 heterocycles. The lowest BCUT2D eigenvalue weighted by Gasteiger charge is -2.21. The molecule has 1 saturated heterocycles. The molecule has 4 aromatic rings. The molecule has 0 spiro atoms. The van der Waals surface area contributed by atoms with Crippen LogP contribution in [0.1, 0.15) is 21.8 Å². The molecule has 2 atom stereocenters. The van der Waals surface area contributed by atoms with E-state index < -0.39 is 6.09 Å². The zero-order valence-corrected chi connectivity index (χ0v) is 19.4. The molecule has 3 aromatic heterocycles. The lowest BCUT2D eigenvalue weighted by atomic mass is 10.2. The Morgan fingerprint density at radius 3 is 2.79 bits per heavy atom. The third kappa shape index (κ3) is 3.79. The third-order valence-corrected chi connectivity index (χ3v) is 7.27. The first kappa shape index (κ1) is 22.3. The minimum Gasteiger partial charge on any atom is -0.464 e. The predicted octanol–water partition coefficient (Wildman–Crippen LogP) is 4.10. The monoisotopic (exact) mass is 481 g/mol. The van der Waals surface area contributed by atoms with Crippen LogP contribution < -0.4 is 4.74 Å². The van der Waals surface area contributed by atoms with Gasteiger partial charge < -0.3 is 24.6 Å². The Kier molecular flexibility index (Phi) is 5.72. The molecule has 0 aliphatic carbocycles. The number of rotatable bonds is 5. The van der Waals surface area contributed by atoms with Gasteiger partial charge in [0.2, 0.25) is 0 Å². The van der Waals surface area contributed by atoms with Gasteiger partial charge in [0.05, 0.1) is 39.4 Å². The summed E-state index contributed by atoms with van der Waals surface area (Å²) < 4.78 is 13.5. The number of carboxylic acid groups (broad SMARTS) is 1. The van der Waals surface area contributed by atoms with Crippen molar-refractivity contribution >= 4 is 44.5 Å². The number of carbonyl (C=O) groups is 2. The number of hydrogen-bond acceptors (Lipinski definition) is 7. The van der Waals surface area contributed by atoms with Gasteiger partial charge in [-0.25, -0.2) is 4.79 Å². The van der Waals surface area contributed by atoms with Gasteiger partial charge in [-0.15, -0.1) is 11.3 Å². The van der Waals surface area contributed by atoms with Crippen LogP contribution in [0.2, 0.25) is 0 Å². The van der Waals surface area contributed by atoms with Crippen LogP contribution in [0.25, 0.3) is 21.1 Å². The van der Waals surface area contributed by atoms with E-state index in [1.54, 1.807) is 61.5 Å². The molecule has 0 bridgehead atoms. The Balaban J connectivity index is 1.45. The largest absolute Gasteiger partial charge is 0.464 e. The Morgan fingerprint density at radius 1 is 1.24 bits per heavy atom. The summed E-state index contributed by atoms with van der Waals surface area (Å²) in [7, 11) is 1.61. The second-order valence-corrected chi connectivity index (χ2v) is 9.30. The van der Waals surface area contributed by atoms with Crippen LogP contribution in [-0.2, 0) is 4.74 Å². The summed E-state index contributed by atoms with van der Waals surface area (Å²) in [6, 6.07) is 10.2. The van der Waals surface area contributed by atoms with E-state index in [1.165, 1.54) is 15.9 Å². The van der Waals surface area contributed by atoms with Crippen LogP contribution in [0, 0.1) is 6.92 Å². The molecule has 34 heavy (non-hydrogen) atoms. The van der Waals surface area contributed by atoms with Gasteiger partial charge in [0.25, 0.3) is 5.91 Å². The average Bonchev–Trinajstić information content (AvgIpc) is 3.52. The number of carbonyl (C=O) groups excluding carboxylic acids is 1. The number of aromatic nitrogens is 2. The lowest BCUT2D eigenvalue weighted by molar-refractivity contribution is 0.0652. The molecule has 1 aliphatic rings. The number of benzene rings is 1. The molecule has 1 fully saturated rings. The van der Waals surface area contributed by atoms with Crippen molar-refractivity contribution in [2.75, 3.05) is 20.3 Å². The van der Waals surface area contributed by atoms with Gasteiger partial charge in [0.1, 0.15) is 11.5 Å². The van der Waals surface area contributed by atoms with Gasteiger partial charge in [-0.2, -0.15) is 0 Å². The molecule has 2 unspecified atom stereocenters. The summed E-state index contributed by atoms with van der Waals surface area (Å²) in [6.07, 6.45) is 1.09. The van der Waals surface area contributed by atoms with E-state index >= 15 is 0 Å². The summed E-state index contributed by atoms with van der Waals surface area (Å²) in [5.74, 6) is 0.934. The molecular weight excluding hydrogens is 458 g/mol. The fraction of sp³-hybridized carbons (Fsp3) is 0.292. The molecule has 9 nitrogen and oxygen atoms in total. The maximum Gasteiger partial charge on any atom is 0.416 e. The molecular formula is C24H23N3O6S. The standard InChI is InChI=1S/C24H23N3O6S/c1-13-7-14-8-16(3-4-19(14)27(13)24(30)31)33-20-5-6-25-18-10-21(34-22(18)20)23(29)26-11-17(32-2)9-15(26)12-28/h3-8,10,15,17,28H,9,11-12H2,1-2H3,(H,30,31). The zero-order chi connectivity index (χ0) is 24.0.